The van der Waals surface area contributed by atoms with Crippen LogP contribution in [0.1, 0.15) is 24.5 Å². The van der Waals surface area contributed by atoms with Gasteiger partial charge in [0.2, 0.25) is 5.91 Å². The van der Waals surface area contributed by atoms with Crippen molar-refractivity contribution in [2.24, 2.45) is 0 Å². The van der Waals surface area contributed by atoms with E-state index < -0.39 is 10.1 Å². The van der Waals surface area contributed by atoms with Gasteiger partial charge in [0.25, 0.3) is 0 Å². The fraction of sp³-hybridized carbons (Fsp3) is 0.318. The van der Waals surface area contributed by atoms with Crippen LogP contribution in [0, 0.1) is 6.92 Å². The molecular formula is C22H27NO6S. The van der Waals surface area contributed by atoms with Crippen molar-refractivity contribution < 1.29 is 26.9 Å². The molecule has 2 aromatic rings. The van der Waals surface area contributed by atoms with Crippen LogP contribution in [0.25, 0.3) is 6.08 Å². The largest absolute Gasteiger partial charge is 0.493 e. The molecule has 0 saturated heterocycles. The SMILES string of the molecule is COCCC(C)NC(=O)/C=C/c1ccc(OS(=O)(=O)c2ccc(C)cc2)c(OC)c1. The molecule has 1 amide bonds. The summed E-state index contributed by atoms with van der Waals surface area (Å²) < 4.78 is 40.5. The van der Waals surface area contributed by atoms with Gasteiger partial charge in [0.15, 0.2) is 11.5 Å². The summed E-state index contributed by atoms with van der Waals surface area (Å²) >= 11 is 0. The molecule has 0 aromatic heterocycles. The fourth-order valence-corrected chi connectivity index (χ4v) is 3.50. The molecule has 0 bridgehead atoms. The monoisotopic (exact) mass is 433 g/mol. The lowest BCUT2D eigenvalue weighted by Crippen LogP contribution is -2.31. The van der Waals surface area contributed by atoms with Crippen LogP contribution in [0.5, 0.6) is 11.5 Å². The Hall–Kier alpha value is -2.84. The van der Waals surface area contributed by atoms with Gasteiger partial charge >= 0.3 is 10.1 Å². The van der Waals surface area contributed by atoms with Gasteiger partial charge in [0.1, 0.15) is 4.90 Å². The molecule has 30 heavy (non-hydrogen) atoms. The number of ether oxygens (including phenoxy) is 2. The molecule has 162 valence electrons. The summed E-state index contributed by atoms with van der Waals surface area (Å²) in [6.07, 6.45) is 3.73. The first-order valence-electron chi connectivity index (χ1n) is 9.42. The van der Waals surface area contributed by atoms with E-state index in [0.717, 1.165) is 5.56 Å². The van der Waals surface area contributed by atoms with Crippen molar-refractivity contribution in [1.29, 1.82) is 0 Å². The first kappa shape index (κ1) is 23.4. The normalized spacial score (nSPS) is 12.5. The van der Waals surface area contributed by atoms with Crippen molar-refractivity contribution in [2.45, 2.75) is 31.2 Å². The molecule has 0 saturated carbocycles. The second-order valence-electron chi connectivity index (χ2n) is 6.79. The van der Waals surface area contributed by atoms with Crippen LogP contribution < -0.4 is 14.2 Å². The number of carbonyl (C=O) groups is 1. The Balaban J connectivity index is 2.11. The van der Waals surface area contributed by atoms with E-state index in [-0.39, 0.29) is 28.3 Å². The molecule has 8 heteroatoms. The molecule has 1 N–H and O–H groups in total. The van der Waals surface area contributed by atoms with Crippen molar-refractivity contribution >= 4 is 22.1 Å². The van der Waals surface area contributed by atoms with Crippen molar-refractivity contribution in [3.63, 3.8) is 0 Å². The van der Waals surface area contributed by atoms with Crippen molar-refractivity contribution in [3.8, 4) is 11.5 Å². The van der Waals surface area contributed by atoms with Crippen molar-refractivity contribution in [3.05, 3.63) is 59.7 Å². The Labute approximate surface area is 177 Å². The van der Waals surface area contributed by atoms with Crippen LogP contribution in [0.3, 0.4) is 0 Å². The van der Waals surface area contributed by atoms with E-state index in [2.05, 4.69) is 5.32 Å². The summed E-state index contributed by atoms with van der Waals surface area (Å²) in [5.74, 6) is 0.0643. The number of hydrogen-bond donors (Lipinski definition) is 1. The number of hydrogen-bond acceptors (Lipinski definition) is 6. The van der Waals surface area contributed by atoms with Gasteiger partial charge in [-0.05, 0) is 56.2 Å². The first-order valence-corrected chi connectivity index (χ1v) is 10.8. The lowest BCUT2D eigenvalue weighted by atomic mass is 10.2. The summed E-state index contributed by atoms with van der Waals surface area (Å²) in [6, 6.07) is 11.1. The van der Waals surface area contributed by atoms with Crippen LogP contribution in [0.15, 0.2) is 53.4 Å². The minimum absolute atomic E-state index is 0.0145. The zero-order valence-electron chi connectivity index (χ0n) is 17.5. The highest BCUT2D eigenvalue weighted by molar-refractivity contribution is 7.87. The van der Waals surface area contributed by atoms with E-state index in [1.54, 1.807) is 37.5 Å². The van der Waals surface area contributed by atoms with Gasteiger partial charge in [-0.15, -0.1) is 0 Å². The maximum atomic E-state index is 12.5. The van der Waals surface area contributed by atoms with Gasteiger partial charge in [-0.3, -0.25) is 4.79 Å². The highest BCUT2D eigenvalue weighted by atomic mass is 32.2. The van der Waals surface area contributed by atoms with Gasteiger partial charge in [-0.1, -0.05) is 23.8 Å². The Bertz CT molecular complexity index is 983. The molecule has 0 radical (unpaired) electrons. The average molecular weight is 434 g/mol. The standard InChI is InChI=1S/C22H27NO6S/c1-16-5-9-19(10-6-16)30(25,26)29-20-11-7-18(15-21(20)28-4)8-12-22(24)23-17(2)13-14-27-3/h5-12,15,17H,13-14H2,1-4H3,(H,23,24)/b12-8+. The van der Waals surface area contributed by atoms with Gasteiger partial charge < -0.3 is 19.0 Å². The number of benzene rings is 2. The van der Waals surface area contributed by atoms with Crippen molar-refractivity contribution in [2.75, 3.05) is 20.8 Å². The van der Waals surface area contributed by atoms with Crippen LogP contribution in [0.4, 0.5) is 0 Å². The second-order valence-corrected chi connectivity index (χ2v) is 8.33. The summed E-state index contributed by atoms with van der Waals surface area (Å²) in [6.45, 7) is 4.33. The van der Waals surface area contributed by atoms with Crippen LogP contribution in [-0.2, 0) is 19.6 Å². The quantitative estimate of drug-likeness (QED) is 0.457. The number of nitrogens with one attached hydrogen (secondary N) is 1. The highest BCUT2D eigenvalue weighted by Gasteiger charge is 2.19. The molecular weight excluding hydrogens is 406 g/mol. The predicted octanol–water partition coefficient (Wildman–Crippen LogP) is 3.33. The maximum absolute atomic E-state index is 12.5. The zero-order chi connectivity index (χ0) is 22.1. The summed E-state index contributed by atoms with van der Waals surface area (Å²) in [7, 11) is -0.967. The molecule has 0 fully saturated rings. The fourth-order valence-electron chi connectivity index (χ4n) is 2.56. The second kappa shape index (κ2) is 10.8. The number of methoxy groups -OCH3 is 2. The number of rotatable bonds is 10. The number of carbonyl (C=O) groups excluding carboxylic acids is 1. The number of amides is 1. The molecule has 7 nitrogen and oxygen atoms in total. The maximum Gasteiger partial charge on any atom is 0.339 e. The van der Waals surface area contributed by atoms with Gasteiger partial charge in [-0.25, -0.2) is 0 Å². The summed E-state index contributed by atoms with van der Waals surface area (Å²) in [5, 5.41) is 2.84. The minimum atomic E-state index is -3.99. The van der Waals surface area contributed by atoms with E-state index in [1.165, 1.54) is 31.4 Å². The third kappa shape index (κ3) is 6.89. The molecule has 0 aliphatic heterocycles. The molecule has 1 unspecified atom stereocenters. The van der Waals surface area contributed by atoms with E-state index >= 15 is 0 Å². The Kier molecular flexibility index (Phi) is 8.44. The van der Waals surface area contributed by atoms with E-state index in [4.69, 9.17) is 13.7 Å². The van der Waals surface area contributed by atoms with Gasteiger partial charge in [-0.2, -0.15) is 8.42 Å². The van der Waals surface area contributed by atoms with Crippen molar-refractivity contribution in [1.82, 2.24) is 5.32 Å². The minimum Gasteiger partial charge on any atom is -0.493 e. The van der Waals surface area contributed by atoms with E-state index in [0.29, 0.717) is 18.6 Å². The molecule has 0 aliphatic rings. The van der Waals surface area contributed by atoms with Gasteiger partial charge in [0.05, 0.1) is 7.11 Å². The average Bonchev–Trinajstić information content (AvgIpc) is 2.71. The lowest BCUT2D eigenvalue weighted by molar-refractivity contribution is -0.117. The lowest BCUT2D eigenvalue weighted by Gasteiger charge is -2.12. The summed E-state index contributed by atoms with van der Waals surface area (Å²) in [5.41, 5.74) is 1.60. The molecule has 0 heterocycles. The smallest absolute Gasteiger partial charge is 0.339 e. The molecule has 1 atom stereocenters. The van der Waals surface area contributed by atoms with E-state index in [9.17, 15) is 13.2 Å². The Morgan fingerprint density at radius 2 is 1.80 bits per heavy atom. The van der Waals surface area contributed by atoms with E-state index in [1.807, 2.05) is 13.8 Å². The molecule has 2 aromatic carbocycles. The highest BCUT2D eigenvalue weighted by Crippen LogP contribution is 2.31. The molecule has 0 aliphatic carbocycles. The van der Waals surface area contributed by atoms with Crippen LogP contribution in [0.2, 0.25) is 0 Å². The third-order valence-corrected chi connectivity index (χ3v) is 5.52. The van der Waals surface area contributed by atoms with Crippen LogP contribution >= 0.6 is 0 Å². The summed E-state index contributed by atoms with van der Waals surface area (Å²) in [4.78, 5) is 12.1. The zero-order valence-corrected chi connectivity index (χ0v) is 18.4. The number of aryl methyl sites for hydroxylation is 1. The topological polar surface area (TPSA) is 90.9 Å². The Morgan fingerprint density at radius 3 is 2.43 bits per heavy atom. The van der Waals surface area contributed by atoms with Crippen LogP contribution in [-0.4, -0.2) is 41.2 Å². The molecule has 0 spiro atoms. The Morgan fingerprint density at radius 1 is 1.10 bits per heavy atom. The predicted molar refractivity (Wildman–Crippen MR) is 115 cm³/mol. The van der Waals surface area contributed by atoms with Gasteiger partial charge in [0, 0.05) is 25.8 Å². The first-order chi connectivity index (χ1) is 14.2. The molecule has 2 rings (SSSR count). The third-order valence-electron chi connectivity index (χ3n) is 4.27.